The highest BCUT2D eigenvalue weighted by Gasteiger charge is 2.16. The van der Waals surface area contributed by atoms with E-state index in [1.165, 1.54) is 0 Å². The number of rotatable bonds is 7. The number of aryl methyl sites for hydroxylation is 1. The van der Waals surface area contributed by atoms with Crippen molar-refractivity contribution in [3.63, 3.8) is 0 Å². The predicted molar refractivity (Wildman–Crippen MR) is 119 cm³/mol. The zero-order valence-corrected chi connectivity index (χ0v) is 18.1. The minimum Gasteiger partial charge on any atom is -0.493 e. The standard InChI is InChI=1S/C24H27NO6/c1-16-19-6-5-18(30-13-10-25-8-11-29-12-9-25)15-21(19)31-24(26)23(16)17-4-7-20(27-2)22(14-17)28-3/h4-7,14-15H,8-13H2,1-3H3. The molecule has 0 saturated carbocycles. The van der Waals surface area contributed by atoms with Crippen molar-refractivity contribution in [1.82, 2.24) is 4.90 Å². The average molecular weight is 425 g/mol. The Balaban J connectivity index is 1.59. The van der Waals surface area contributed by atoms with Crippen LogP contribution in [0.3, 0.4) is 0 Å². The summed E-state index contributed by atoms with van der Waals surface area (Å²) in [6, 6.07) is 11.0. The third-order valence-electron chi connectivity index (χ3n) is 5.59. The minimum atomic E-state index is -0.400. The molecule has 2 aromatic carbocycles. The Labute approximate surface area is 181 Å². The van der Waals surface area contributed by atoms with E-state index in [0.29, 0.717) is 35.0 Å². The molecule has 0 aliphatic carbocycles. The Kier molecular flexibility index (Phi) is 6.44. The summed E-state index contributed by atoms with van der Waals surface area (Å²) >= 11 is 0. The van der Waals surface area contributed by atoms with Crippen molar-refractivity contribution in [2.75, 3.05) is 53.7 Å². The normalized spacial score (nSPS) is 14.5. The molecule has 0 spiro atoms. The Morgan fingerprint density at radius 2 is 1.77 bits per heavy atom. The fourth-order valence-electron chi connectivity index (χ4n) is 3.87. The molecule has 1 aliphatic rings. The van der Waals surface area contributed by atoms with Crippen LogP contribution in [0.2, 0.25) is 0 Å². The van der Waals surface area contributed by atoms with Crippen LogP contribution < -0.4 is 19.8 Å². The minimum absolute atomic E-state index is 0.400. The average Bonchev–Trinajstić information content (AvgIpc) is 2.79. The highest BCUT2D eigenvalue weighted by atomic mass is 16.5. The zero-order chi connectivity index (χ0) is 21.8. The molecule has 0 amide bonds. The summed E-state index contributed by atoms with van der Waals surface area (Å²) in [7, 11) is 3.14. The third-order valence-corrected chi connectivity index (χ3v) is 5.59. The van der Waals surface area contributed by atoms with Gasteiger partial charge in [0.25, 0.3) is 0 Å². The molecule has 4 rings (SSSR count). The maximum atomic E-state index is 12.8. The number of nitrogens with zero attached hydrogens (tertiary/aromatic N) is 1. The maximum absolute atomic E-state index is 12.8. The molecule has 7 heteroatoms. The van der Waals surface area contributed by atoms with Crippen molar-refractivity contribution in [2.45, 2.75) is 6.92 Å². The van der Waals surface area contributed by atoms with Crippen LogP contribution in [0, 0.1) is 6.92 Å². The van der Waals surface area contributed by atoms with Gasteiger partial charge in [0.05, 0.1) is 33.0 Å². The Morgan fingerprint density at radius 1 is 1.00 bits per heavy atom. The first-order valence-electron chi connectivity index (χ1n) is 10.3. The summed E-state index contributed by atoms with van der Waals surface area (Å²) in [5.41, 5.74) is 2.18. The topological polar surface area (TPSA) is 70.4 Å². The van der Waals surface area contributed by atoms with E-state index < -0.39 is 5.63 Å². The summed E-state index contributed by atoms with van der Waals surface area (Å²) in [5, 5.41) is 0.866. The molecule has 1 aliphatic heterocycles. The van der Waals surface area contributed by atoms with Gasteiger partial charge in [-0.2, -0.15) is 0 Å². The van der Waals surface area contributed by atoms with Crippen LogP contribution in [0.25, 0.3) is 22.1 Å². The van der Waals surface area contributed by atoms with E-state index in [1.54, 1.807) is 32.4 Å². The van der Waals surface area contributed by atoms with Crippen molar-refractivity contribution in [3.8, 4) is 28.4 Å². The van der Waals surface area contributed by atoms with Crippen molar-refractivity contribution < 1.29 is 23.4 Å². The molecule has 1 saturated heterocycles. The summed E-state index contributed by atoms with van der Waals surface area (Å²) in [4.78, 5) is 15.2. The van der Waals surface area contributed by atoms with Crippen molar-refractivity contribution in [1.29, 1.82) is 0 Å². The molecule has 0 unspecified atom stereocenters. The number of ether oxygens (including phenoxy) is 4. The van der Waals surface area contributed by atoms with Crippen LogP contribution in [0.4, 0.5) is 0 Å². The number of fused-ring (bicyclic) bond motifs is 1. The highest BCUT2D eigenvalue weighted by molar-refractivity contribution is 5.87. The monoisotopic (exact) mass is 425 g/mol. The molecule has 1 fully saturated rings. The van der Waals surface area contributed by atoms with E-state index >= 15 is 0 Å². The van der Waals surface area contributed by atoms with E-state index in [0.717, 1.165) is 49.4 Å². The lowest BCUT2D eigenvalue weighted by Gasteiger charge is -2.26. The van der Waals surface area contributed by atoms with Crippen LogP contribution in [0.1, 0.15) is 5.56 Å². The molecule has 0 bridgehead atoms. The van der Waals surface area contributed by atoms with E-state index in [2.05, 4.69) is 4.90 Å². The molecule has 164 valence electrons. The molecule has 31 heavy (non-hydrogen) atoms. The van der Waals surface area contributed by atoms with Gasteiger partial charge in [0.2, 0.25) is 0 Å². The fourth-order valence-corrected chi connectivity index (χ4v) is 3.87. The van der Waals surface area contributed by atoms with Gasteiger partial charge in [-0.05, 0) is 42.3 Å². The lowest BCUT2D eigenvalue weighted by molar-refractivity contribution is 0.0322. The van der Waals surface area contributed by atoms with Gasteiger partial charge in [-0.25, -0.2) is 4.79 Å². The Hall–Kier alpha value is -3.03. The number of methoxy groups -OCH3 is 2. The lowest BCUT2D eigenvalue weighted by Crippen LogP contribution is -2.38. The van der Waals surface area contributed by atoms with Gasteiger partial charge in [-0.1, -0.05) is 6.07 Å². The molecule has 0 N–H and O–H groups in total. The molecule has 7 nitrogen and oxygen atoms in total. The summed E-state index contributed by atoms with van der Waals surface area (Å²) < 4.78 is 27.6. The second-order valence-electron chi connectivity index (χ2n) is 7.42. The van der Waals surface area contributed by atoms with E-state index in [1.807, 2.05) is 25.1 Å². The first-order chi connectivity index (χ1) is 15.1. The SMILES string of the molecule is COc1ccc(-c2c(C)c3ccc(OCCN4CCOCC4)cc3oc2=O)cc1OC. The van der Waals surface area contributed by atoms with Crippen molar-refractivity contribution in [3.05, 3.63) is 52.4 Å². The first kappa shape index (κ1) is 21.2. The van der Waals surface area contributed by atoms with Gasteiger partial charge < -0.3 is 23.4 Å². The molecular weight excluding hydrogens is 398 g/mol. The third kappa shape index (κ3) is 4.52. The van der Waals surface area contributed by atoms with E-state index in [4.69, 9.17) is 23.4 Å². The zero-order valence-electron chi connectivity index (χ0n) is 18.1. The second kappa shape index (κ2) is 9.41. The van der Waals surface area contributed by atoms with Crippen LogP contribution in [-0.4, -0.2) is 58.6 Å². The number of benzene rings is 2. The maximum Gasteiger partial charge on any atom is 0.344 e. The van der Waals surface area contributed by atoms with Gasteiger partial charge in [-0.3, -0.25) is 4.90 Å². The lowest BCUT2D eigenvalue weighted by atomic mass is 9.99. The smallest absolute Gasteiger partial charge is 0.344 e. The van der Waals surface area contributed by atoms with Crippen LogP contribution in [0.15, 0.2) is 45.6 Å². The summed E-state index contributed by atoms with van der Waals surface area (Å²) in [6.07, 6.45) is 0. The van der Waals surface area contributed by atoms with E-state index in [-0.39, 0.29) is 0 Å². The molecule has 2 heterocycles. The van der Waals surface area contributed by atoms with Gasteiger partial charge in [-0.15, -0.1) is 0 Å². The highest BCUT2D eigenvalue weighted by Crippen LogP contribution is 2.34. The van der Waals surface area contributed by atoms with E-state index in [9.17, 15) is 4.79 Å². The van der Waals surface area contributed by atoms with Crippen molar-refractivity contribution >= 4 is 11.0 Å². The van der Waals surface area contributed by atoms with Crippen molar-refractivity contribution in [2.24, 2.45) is 0 Å². The van der Waals surface area contributed by atoms with Gasteiger partial charge in [0.15, 0.2) is 11.5 Å². The Morgan fingerprint density at radius 3 is 2.52 bits per heavy atom. The fraction of sp³-hybridized carbons (Fsp3) is 0.375. The molecule has 3 aromatic rings. The predicted octanol–water partition coefficient (Wildman–Crippen LogP) is 3.50. The van der Waals surface area contributed by atoms with Crippen LogP contribution in [0.5, 0.6) is 17.2 Å². The summed E-state index contributed by atoms with van der Waals surface area (Å²) in [5.74, 6) is 1.85. The van der Waals surface area contributed by atoms with Gasteiger partial charge >= 0.3 is 5.63 Å². The number of hydrogen-bond acceptors (Lipinski definition) is 7. The molecular formula is C24H27NO6. The van der Waals surface area contributed by atoms with Gasteiger partial charge in [0.1, 0.15) is 17.9 Å². The molecule has 0 atom stereocenters. The molecule has 1 aromatic heterocycles. The van der Waals surface area contributed by atoms with Crippen LogP contribution >= 0.6 is 0 Å². The second-order valence-corrected chi connectivity index (χ2v) is 7.42. The quantitative estimate of drug-likeness (QED) is 0.537. The number of hydrogen-bond donors (Lipinski definition) is 0. The Bertz CT molecular complexity index is 1120. The number of morpholine rings is 1. The molecule has 0 radical (unpaired) electrons. The largest absolute Gasteiger partial charge is 0.493 e. The first-order valence-corrected chi connectivity index (χ1v) is 10.3. The summed E-state index contributed by atoms with van der Waals surface area (Å²) in [6.45, 7) is 6.71. The van der Waals surface area contributed by atoms with Gasteiger partial charge in [0, 0.05) is 31.1 Å². The van der Waals surface area contributed by atoms with Crippen LogP contribution in [-0.2, 0) is 4.74 Å².